The van der Waals surface area contributed by atoms with Gasteiger partial charge in [0.05, 0.1) is 22.0 Å². The second-order valence-electron chi connectivity index (χ2n) is 4.26. The number of rotatable bonds is 4. The van der Waals surface area contributed by atoms with Crippen molar-refractivity contribution < 1.29 is 4.52 Å². The van der Waals surface area contributed by atoms with Crippen molar-refractivity contribution in [2.24, 2.45) is 5.92 Å². The number of hydrogen-bond acceptors (Lipinski definition) is 4. The van der Waals surface area contributed by atoms with E-state index in [1.807, 2.05) is 13.0 Å². The normalized spacial score (nSPS) is 12.1. The van der Waals surface area contributed by atoms with E-state index >= 15 is 0 Å². The van der Waals surface area contributed by atoms with Gasteiger partial charge in [-0.3, -0.25) is 0 Å². The summed E-state index contributed by atoms with van der Waals surface area (Å²) < 4.78 is 5.09. The maximum Gasteiger partial charge on any atom is 0.227 e. The maximum absolute atomic E-state index is 8.73. The fourth-order valence-electron chi connectivity index (χ4n) is 1.58. The van der Waals surface area contributed by atoms with Gasteiger partial charge in [0.1, 0.15) is 0 Å². The Labute approximate surface area is 120 Å². The number of nitriles is 1. The summed E-state index contributed by atoms with van der Waals surface area (Å²) in [6, 6.07) is 7.50. The molecule has 1 heterocycles. The highest BCUT2D eigenvalue weighted by Gasteiger charge is 2.11. The van der Waals surface area contributed by atoms with Crippen molar-refractivity contribution in [2.75, 3.05) is 0 Å². The summed E-state index contributed by atoms with van der Waals surface area (Å²) in [6.07, 6.45) is 0.978. The van der Waals surface area contributed by atoms with Gasteiger partial charge in [-0.05, 0) is 24.6 Å². The molecule has 1 aromatic carbocycles. The third-order valence-corrected chi connectivity index (χ3v) is 3.30. The standard InChI is InChI=1S/C13H11Cl2N3O/c1-8(7-16)4-13-17-12(18-19-13)6-9-2-3-10(14)11(15)5-9/h2-3,5,8H,4,6H2,1H3. The molecule has 0 N–H and O–H groups in total. The van der Waals surface area contributed by atoms with E-state index in [0.717, 1.165) is 5.56 Å². The molecule has 98 valence electrons. The van der Waals surface area contributed by atoms with Crippen LogP contribution in [0, 0.1) is 17.2 Å². The zero-order valence-corrected chi connectivity index (χ0v) is 11.7. The first kappa shape index (κ1) is 13.9. The van der Waals surface area contributed by atoms with Crippen molar-refractivity contribution in [3.63, 3.8) is 0 Å². The first-order chi connectivity index (χ1) is 9.08. The van der Waals surface area contributed by atoms with Gasteiger partial charge in [0.2, 0.25) is 5.89 Å². The van der Waals surface area contributed by atoms with Gasteiger partial charge < -0.3 is 4.52 Å². The zero-order valence-electron chi connectivity index (χ0n) is 10.2. The molecule has 0 aliphatic heterocycles. The Morgan fingerprint density at radius 2 is 2.16 bits per heavy atom. The molecule has 0 aliphatic carbocycles. The Kier molecular flexibility index (Phi) is 4.41. The monoisotopic (exact) mass is 295 g/mol. The molecule has 6 heteroatoms. The van der Waals surface area contributed by atoms with Gasteiger partial charge in [0, 0.05) is 12.8 Å². The number of nitrogens with zero attached hydrogens (tertiary/aromatic N) is 3. The number of hydrogen-bond donors (Lipinski definition) is 0. The van der Waals surface area contributed by atoms with E-state index < -0.39 is 0 Å². The second kappa shape index (κ2) is 6.05. The van der Waals surface area contributed by atoms with Crippen molar-refractivity contribution in [1.82, 2.24) is 10.1 Å². The fraction of sp³-hybridized carbons (Fsp3) is 0.308. The average Bonchev–Trinajstić information content (AvgIpc) is 2.81. The highest BCUT2D eigenvalue weighted by molar-refractivity contribution is 6.42. The SMILES string of the molecule is CC(C#N)Cc1nc(Cc2ccc(Cl)c(Cl)c2)no1. The van der Waals surface area contributed by atoms with Crippen LogP contribution in [0.2, 0.25) is 10.0 Å². The van der Waals surface area contributed by atoms with Crippen molar-refractivity contribution in [3.8, 4) is 6.07 Å². The summed E-state index contributed by atoms with van der Waals surface area (Å²) in [5, 5.41) is 13.6. The lowest BCUT2D eigenvalue weighted by Gasteiger charge is -1.99. The van der Waals surface area contributed by atoms with Gasteiger partial charge in [0.15, 0.2) is 5.82 Å². The van der Waals surface area contributed by atoms with E-state index in [2.05, 4.69) is 16.2 Å². The maximum atomic E-state index is 8.73. The number of aromatic nitrogens is 2. The quantitative estimate of drug-likeness (QED) is 0.863. The third kappa shape index (κ3) is 3.69. The smallest absolute Gasteiger partial charge is 0.227 e. The van der Waals surface area contributed by atoms with Crippen molar-refractivity contribution in [1.29, 1.82) is 5.26 Å². The van der Waals surface area contributed by atoms with E-state index in [-0.39, 0.29) is 5.92 Å². The highest BCUT2D eigenvalue weighted by Crippen LogP contribution is 2.23. The summed E-state index contributed by atoms with van der Waals surface area (Å²) in [5.74, 6) is 0.904. The van der Waals surface area contributed by atoms with E-state index in [0.29, 0.717) is 34.6 Å². The van der Waals surface area contributed by atoms with E-state index in [4.69, 9.17) is 33.0 Å². The number of halogens is 2. The molecule has 0 bridgehead atoms. The molecule has 0 spiro atoms. The molecule has 1 unspecified atom stereocenters. The second-order valence-corrected chi connectivity index (χ2v) is 5.08. The topological polar surface area (TPSA) is 62.7 Å². The molecule has 4 nitrogen and oxygen atoms in total. The average molecular weight is 296 g/mol. The van der Waals surface area contributed by atoms with Crippen LogP contribution in [0.25, 0.3) is 0 Å². The Bertz CT molecular complexity index is 619. The van der Waals surface area contributed by atoms with Gasteiger partial charge in [0.25, 0.3) is 0 Å². The van der Waals surface area contributed by atoms with Gasteiger partial charge in [-0.25, -0.2) is 0 Å². The molecule has 0 radical (unpaired) electrons. The van der Waals surface area contributed by atoms with Crippen LogP contribution in [0.4, 0.5) is 0 Å². The van der Waals surface area contributed by atoms with Gasteiger partial charge in [-0.1, -0.05) is 34.4 Å². The molecule has 0 amide bonds. The molecule has 2 rings (SSSR count). The molecule has 1 atom stereocenters. The van der Waals surface area contributed by atoms with E-state index in [1.165, 1.54) is 0 Å². The highest BCUT2D eigenvalue weighted by atomic mass is 35.5. The van der Waals surface area contributed by atoms with Gasteiger partial charge in [-0.15, -0.1) is 0 Å². The summed E-state index contributed by atoms with van der Waals surface area (Å²) in [6.45, 7) is 1.81. The molecule has 0 fully saturated rings. The molecule has 19 heavy (non-hydrogen) atoms. The van der Waals surface area contributed by atoms with Gasteiger partial charge >= 0.3 is 0 Å². The minimum Gasteiger partial charge on any atom is -0.339 e. The summed E-state index contributed by atoms with van der Waals surface area (Å²) in [7, 11) is 0. The summed E-state index contributed by atoms with van der Waals surface area (Å²) in [4.78, 5) is 4.24. The molecule has 0 saturated carbocycles. The van der Waals surface area contributed by atoms with Crippen LogP contribution < -0.4 is 0 Å². The van der Waals surface area contributed by atoms with Crippen molar-refractivity contribution in [2.45, 2.75) is 19.8 Å². The number of benzene rings is 1. The van der Waals surface area contributed by atoms with E-state index in [1.54, 1.807) is 12.1 Å². The van der Waals surface area contributed by atoms with Crippen LogP contribution in [-0.4, -0.2) is 10.1 Å². The minimum atomic E-state index is -0.140. The van der Waals surface area contributed by atoms with Crippen molar-refractivity contribution >= 4 is 23.2 Å². The van der Waals surface area contributed by atoms with E-state index in [9.17, 15) is 0 Å². The molecule has 2 aromatic rings. The van der Waals surface area contributed by atoms with Crippen LogP contribution in [0.5, 0.6) is 0 Å². The Morgan fingerprint density at radius 3 is 2.84 bits per heavy atom. The fourth-order valence-corrected chi connectivity index (χ4v) is 1.91. The summed E-state index contributed by atoms with van der Waals surface area (Å²) >= 11 is 11.8. The predicted octanol–water partition coefficient (Wildman–Crippen LogP) is 3.67. The van der Waals surface area contributed by atoms with Crippen LogP contribution in [0.15, 0.2) is 22.7 Å². The molecular weight excluding hydrogens is 285 g/mol. The van der Waals surface area contributed by atoms with Crippen LogP contribution in [0.3, 0.4) is 0 Å². The Balaban J connectivity index is 2.07. The first-order valence-electron chi connectivity index (χ1n) is 5.73. The molecule has 0 saturated heterocycles. The molecule has 1 aromatic heterocycles. The Hall–Kier alpha value is -1.57. The minimum absolute atomic E-state index is 0.140. The lowest BCUT2D eigenvalue weighted by molar-refractivity contribution is 0.365. The lowest BCUT2D eigenvalue weighted by Crippen LogP contribution is -1.97. The third-order valence-electron chi connectivity index (χ3n) is 2.56. The van der Waals surface area contributed by atoms with Crippen molar-refractivity contribution in [3.05, 3.63) is 45.5 Å². The summed E-state index contributed by atoms with van der Waals surface area (Å²) in [5.41, 5.74) is 0.954. The molecule has 0 aliphatic rings. The van der Waals surface area contributed by atoms with Crippen LogP contribution in [0.1, 0.15) is 24.2 Å². The predicted molar refractivity (Wildman–Crippen MR) is 72.0 cm³/mol. The molecular formula is C13H11Cl2N3O. The Morgan fingerprint density at radius 1 is 1.37 bits per heavy atom. The van der Waals surface area contributed by atoms with Gasteiger partial charge in [-0.2, -0.15) is 10.2 Å². The lowest BCUT2D eigenvalue weighted by atomic mass is 10.1. The first-order valence-corrected chi connectivity index (χ1v) is 6.49. The zero-order chi connectivity index (χ0) is 13.8. The van der Waals surface area contributed by atoms with Crippen LogP contribution in [-0.2, 0) is 12.8 Å². The van der Waals surface area contributed by atoms with Crippen LogP contribution >= 0.6 is 23.2 Å². The largest absolute Gasteiger partial charge is 0.339 e.